The Morgan fingerprint density at radius 1 is 0.972 bits per heavy atom. The van der Waals surface area contributed by atoms with Crippen LogP contribution in [0.2, 0.25) is 0 Å². The second kappa shape index (κ2) is 11.8. The molecule has 3 aromatic carbocycles. The molecule has 4 rings (SSSR count). The van der Waals surface area contributed by atoms with Crippen molar-refractivity contribution >= 4 is 5.91 Å². The molecule has 0 fully saturated rings. The molecule has 0 aliphatic heterocycles. The van der Waals surface area contributed by atoms with E-state index in [9.17, 15) is 9.59 Å². The second-order valence-electron chi connectivity index (χ2n) is 8.31. The summed E-state index contributed by atoms with van der Waals surface area (Å²) < 4.78 is 11.1. The molecule has 1 aromatic heterocycles. The van der Waals surface area contributed by atoms with Crippen LogP contribution in [-0.2, 0) is 17.8 Å². The lowest BCUT2D eigenvalue weighted by molar-refractivity contribution is -0.121. The molecular formula is C28H28N4O4. The maximum absolute atomic E-state index is 12.5. The number of amides is 1. The molecule has 8 heteroatoms. The number of ether oxygens (including phenoxy) is 2. The fourth-order valence-corrected chi connectivity index (χ4v) is 3.66. The van der Waals surface area contributed by atoms with E-state index in [1.165, 1.54) is 0 Å². The molecule has 0 bridgehead atoms. The molecule has 0 radical (unpaired) electrons. The van der Waals surface area contributed by atoms with E-state index in [0.717, 1.165) is 16.9 Å². The molecule has 1 heterocycles. The largest absolute Gasteiger partial charge is 0.497 e. The SMILES string of the molecule is COc1cccc(COc2ccc(-c3nnc(CCC(=O)N[C@H](C)c4ccccc4)c(=O)[nH]3)cc2)c1. The average molecular weight is 485 g/mol. The quantitative estimate of drug-likeness (QED) is 0.349. The number of carbonyl (C=O) groups is 1. The Morgan fingerprint density at radius 2 is 1.75 bits per heavy atom. The zero-order valence-electron chi connectivity index (χ0n) is 20.2. The van der Waals surface area contributed by atoms with E-state index in [-0.39, 0.29) is 36.0 Å². The molecule has 36 heavy (non-hydrogen) atoms. The number of carbonyl (C=O) groups excluding carboxylic acids is 1. The lowest BCUT2D eigenvalue weighted by atomic mass is 10.1. The fraction of sp³-hybridized carbons (Fsp3) is 0.214. The number of hydrogen-bond acceptors (Lipinski definition) is 6. The Balaban J connectivity index is 1.31. The Morgan fingerprint density at radius 3 is 2.47 bits per heavy atom. The van der Waals surface area contributed by atoms with Gasteiger partial charge in [0.25, 0.3) is 5.56 Å². The first-order valence-corrected chi connectivity index (χ1v) is 11.7. The molecule has 1 atom stereocenters. The predicted molar refractivity (Wildman–Crippen MR) is 137 cm³/mol. The molecule has 184 valence electrons. The van der Waals surface area contributed by atoms with Gasteiger partial charge in [0.15, 0.2) is 5.82 Å². The number of hydrogen-bond donors (Lipinski definition) is 2. The first-order valence-electron chi connectivity index (χ1n) is 11.7. The summed E-state index contributed by atoms with van der Waals surface area (Å²) in [6, 6.07) is 24.5. The van der Waals surface area contributed by atoms with Gasteiger partial charge in [0.2, 0.25) is 5.91 Å². The van der Waals surface area contributed by atoms with Gasteiger partial charge in [0, 0.05) is 18.4 Å². The van der Waals surface area contributed by atoms with Crippen molar-refractivity contribution in [2.45, 2.75) is 32.4 Å². The van der Waals surface area contributed by atoms with E-state index in [1.807, 2.05) is 73.7 Å². The van der Waals surface area contributed by atoms with Crippen LogP contribution in [0.25, 0.3) is 11.4 Å². The highest BCUT2D eigenvalue weighted by atomic mass is 16.5. The minimum atomic E-state index is -0.359. The van der Waals surface area contributed by atoms with Crippen LogP contribution in [0, 0.1) is 0 Å². The van der Waals surface area contributed by atoms with Gasteiger partial charge in [-0.15, -0.1) is 10.2 Å². The van der Waals surface area contributed by atoms with Crippen molar-refractivity contribution in [1.29, 1.82) is 0 Å². The second-order valence-corrected chi connectivity index (χ2v) is 8.31. The van der Waals surface area contributed by atoms with Gasteiger partial charge in [-0.25, -0.2) is 0 Å². The summed E-state index contributed by atoms with van der Waals surface area (Å²) >= 11 is 0. The summed E-state index contributed by atoms with van der Waals surface area (Å²) in [5.74, 6) is 1.66. The number of methoxy groups -OCH3 is 1. The van der Waals surface area contributed by atoms with Gasteiger partial charge in [-0.2, -0.15) is 0 Å². The number of H-pyrrole nitrogens is 1. The van der Waals surface area contributed by atoms with E-state index >= 15 is 0 Å². The van der Waals surface area contributed by atoms with Crippen LogP contribution >= 0.6 is 0 Å². The standard InChI is InChI=1S/C28H28N4O4/c1-19(21-8-4-3-5-9-21)29-26(33)16-15-25-28(34)30-27(32-31-25)22-11-13-23(14-12-22)36-18-20-7-6-10-24(17-20)35-2/h3-14,17,19H,15-16,18H2,1-2H3,(H,29,33)(H,30,32,34)/t19-/m1/s1. The van der Waals surface area contributed by atoms with Crippen molar-refractivity contribution < 1.29 is 14.3 Å². The predicted octanol–water partition coefficient (Wildman–Crippen LogP) is 4.23. The van der Waals surface area contributed by atoms with Crippen molar-refractivity contribution in [2.75, 3.05) is 7.11 Å². The third-order valence-corrected chi connectivity index (χ3v) is 5.70. The smallest absolute Gasteiger partial charge is 0.273 e. The van der Waals surface area contributed by atoms with Crippen molar-refractivity contribution in [3.63, 3.8) is 0 Å². The molecule has 0 saturated carbocycles. The number of aromatic amines is 1. The van der Waals surface area contributed by atoms with Crippen LogP contribution in [-0.4, -0.2) is 28.2 Å². The Kier molecular flexibility index (Phi) is 8.08. The highest BCUT2D eigenvalue weighted by Gasteiger charge is 2.12. The number of nitrogens with one attached hydrogen (secondary N) is 2. The zero-order chi connectivity index (χ0) is 25.3. The summed E-state index contributed by atoms with van der Waals surface area (Å²) in [5.41, 5.74) is 2.58. The summed E-state index contributed by atoms with van der Waals surface area (Å²) in [7, 11) is 1.63. The summed E-state index contributed by atoms with van der Waals surface area (Å²) in [6.07, 6.45) is 0.348. The fourth-order valence-electron chi connectivity index (χ4n) is 3.66. The monoisotopic (exact) mass is 484 g/mol. The van der Waals surface area contributed by atoms with Crippen LogP contribution in [0.1, 0.15) is 36.2 Å². The lowest BCUT2D eigenvalue weighted by Gasteiger charge is -2.14. The van der Waals surface area contributed by atoms with Gasteiger partial charge in [-0.3, -0.25) is 9.59 Å². The normalized spacial score (nSPS) is 11.5. The first kappa shape index (κ1) is 24.7. The van der Waals surface area contributed by atoms with Gasteiger partial charge < -0.3 is 19.8 Å². The third kappa shape index (κ3) is 6.56. The molecule has 0 saturated heterocycles. The van der Waals surface area contributed by atoms with Crippen molar-refractivity contribution in [1.82, 2.24) is 20.5 Å². The van der Waals surface area contributed by atoms with Crippen LogP contribution in [0.4, 0.5) is 0 Å². The van der Waals surface area contributed by atoms with Crippen molar-refractivity contribution in [3.8, 4) is 22.9 Å². The third-order valence-electron chi connectivity index (χ3n) is 5.70. The zero-order valence-corrected chi connectivity index (χ0v) is 20.2. The van der Waals surface area contributed by atoms with Gasteiger partial charge in [-0.05, 0) is 54.4 Å². The van der Waals surface area contributed by atoms with Crippen molar-refractivity contribution in [2.24, 2.45) is 0 Å². The number of rotatable bonds is 10. The lowest BCUT2D eigenvalue weighted by Crippen LogP contribution is -2.28. The van der Waals surface area contributed by atoms with E-state index in [0.29, 0.717) is 23.7 Å². The Labute approximate surface area is 209 Å². The molecule has 1 amide bonds. The molecule has 0 aliphatic carbocycles. The van der Waals surface area contributed by atoms with Gasteiger partial charge in [0.05, 0.1) is 13.2 Å². The summed E-state index contributed by atoms with van der Waals surface area (Å²) in [6.45, 7) is 2.32. The van der Waals surface area contributed by atoms with E-state index < -0.39 is 0 Å². The highest BCUT2D eigenvalue weighted by molar-refractivity contribution is 5.76. The van der Waals surface area contributed by atoms with Crippen LogP contribution < -0.4 is 20.3 Å². The highest BCUT2D eigenvalue weighted by Crippen LogP contribution is 2.20. The minimum absolute atomic E-state index is 0.118. The van der Waals surface area contributed by atoms with Crippen molar-refractivity contribution in [3.05, 3.63) is 106 Å². The van der Waals surface area contributed by atoms with E-state index in [4.69, 9.17) is 9.47 Å². The number of nitrogens with zero attached hydrogens (tertiary/aromatic N) is 2. The number of benzene rings is 3. The molecule has 0 unspecified atom stereocenters. The first-order chi connectivity index (χ1) is 17.5. The molecule has 0 aliphatic rings. The van der Waals surface area contributed by atoms with Crippen LogP contribution in [0.5, 0.6) is 11.5 Å². The maximum atomic E-state index is 12.5. The summed E-state index contributed by atoms with van der Waals surface area (Å²) in [5, 5.41) is 11.1. The minimum Gasteiger partial charge on any atom is -0.497 e. The maximum Gasteiger partial charge on any atom is 0.273 e. The average Bonchev–Trinajstić information content (AvgIpc) is 2.92. The molecule has 2 N–H and O–H groups in total. The Hall–Kier alpha value is -4.46. The molecular weight excluding hydrogens is 456 g/mol. The topological polar surface area (TPSA) is 106 Å². The molecule has 0 spiro atoms. The van der Waals surface area contributed by atoms with Crippen LogP contribution in [0.3, 0.4) is 0 Å². The van der Waals surface area contributed by atoms with E-state index in [2.05, 4.69) is 20.5 Å². The molecule has 4 aromatic rings. The number of aromatic nitrogens is 3. The van der Waals surface area contributed by atoms with Crippen LogP contribution in [0.15, 0.2) is 83.7 Å². The molecule has 8 nitrogen and oxygen atoms in total. The summed E-state index contributed by atoms with van der Waals surface area (Å²) in [4.78, 5) is 27.6. The number of aryl methyl sites for hydroxylation is 1. The van der Waals surface area contributed by atoms with Gasteiger partial charge in [-0.1, -0.05) is 42.5 Å². The van der Waals surface area contributed by atoms with Gasteiger partial charge in [0.1, 0.15) is 23.8 Å². The Bertz CT molecular complexity index is 1350. The van der Waals surface area contributed by atoms with E-state index in [1.54, 1.807) is 19.2 Å². The van der Waals surface area contributed by atoms with Gasteiger partial charge >= 0.3 is 0 Å².